The molecule has 1 heterocycles. The molecule has 0 saturated carbocycles. The number of thiazole rings is 1. The first-order valence-electron chi connectivity index (χ1n) is 6.34. The monoisotopic (exact) mass is 304 g/mol. The Bertz CT molecular complexity index is 694. The van der Waals surface area contributed by atoms with E-state index in [-0.39, 0.29) is 11.5 Å². The molecule has 0 bridgehead atoms. The zero-order valence-electron chi connectivity index (χ0n) is 12.3. The fraction of sp³-hybridized carbons (Fsp3) is 0.267. The summed E-state index contributed by atoms with van der Waals surface area (Å²) < 4.78 is 4.68. The van der Waals surface area contributed by atoms with Crippen molar-refractivity contribution >= 4 is 33.9 Å². The maximum Gasteiger partial charge on any atom is 0.358 e. The van der Waals surface area contributed by atoms with Crippen LogP contribution in [0.25, 0.3) is 0 Å². The van der Waals surface area contributed by atoms with Crippen LogP contribution in [0.15, 0.2) is 24.3 Å². The van der Waals surface area contributed by atoms with Gasteiger partial charge in [-0.2, -0.15) is 0 Å². The van der Waals surface area contributed by atoms with Crippen molar-refractivity contribution in [1.82, 2.24) is 4.98 Å². The number of methoxy groups -OCH3 is 1. The third kappa shape index (κ3) is 3.11. The molecule has 0 saturated heterocycles. The Morgan fingerprint density at radius 2 is 2.05 bits per heavy atom. The van der Waals surface area contributed by atoms with Crippen LogP contribution in [-0.2, 0) is 4.74 Å². The van der Waals surface area contributed by atoms with E-state index < -0.39 is 5.97 Å². The highest BCUT2D eigenvalue weighted by atomic mass is 32.1. The molecule has 1 aromatic carbocycles. The molecule has 0 fully saturated rings. The summed E-state index contributed by atoms with van der Waals surface area (Å²) in [6.07, 6.45) is 0. The van der Waals surface area contributed by atoms with Crippen LogP contribution >= 0.6 is 11.3 Å². The lowest BCUT2D eigenvalue weighted by atomic mass is 10.2. The molecule has 6 heteroatoms. The summed E-state index contributed by atoms with van der Waals surface area (Å²) >= 11 is 1.18. The van der Waals surface area contributed by atoms with Crippen molar-refractivity contribution in [2.45, 2.75) is 13.8 Å². The van der Waals surface area contributed by atoms with Crippen molar-refractivity contribution in [1.29, 1.82) is 0 Å². The number of benzene rings is 1. The molecular formula is C15H16N2O3S. The van der Waals surface area contributed by atoms with E-state index >= 15 is 0 Å². The summed E-state index contributed by atoms with van der Waals surface area (Å²) in [4.78, 5) is 29.8. The van der Waals surface area contributed by atoms with Crippen molar-refractivity contribution in [3.63, 3.8) is 0 Å². The Morgan fingerprint density at radius 1 is 1.33 bits per heavy atom. The largest absolute Gasteiger partial charge is 0.464 e. The van der Waals surface area contributed by atoms with Gasteiger partial charge in [0.05, 0.1) is 7.11 Å². The summed E-state index contributed by atoms with van der Waals surface area (Å²) in [6, 6.07) is 7.90. The number of aromatic nitrogens is 1. The molecule has 0 radical (unpaired) electrons. The number of ether oxygens (including phenoxy) is 1. The number of aryl methyl sites for hydroxylation is 1. The number of rotatable bonds is 4. The van der Waals surface area contributed by atoms with Gasteiger partial charge in [-0.15, -0.1) is 0 Å². The second-order valence-corrected chi connectivity index (χ2v) is 5.60. The average molecular weight is 304 g/mol. The molecule has 110 valence electrons. The van der Waals surface area contributed by atoms with Crippen molar-refractivity contribution in [2.75, 3.05) is 19.1 Å². The van der Waals surface area contributed by atoms with Crippen LogP contribution in [0.4, 0.5) is 10.8 Å². The van der Waals surface area contributed by atoms with E-state index in [9.17, 15) is 9.59 Å². The zero-order valence-corrected chi connectivity index (χ0v) is 13.2. The molecule has 0 amide bonds. The number of hydrogen-bond donors (Lipinski definition) is 0. The first-order valence-corrected chi connectivity index (χ1v) is 7.16. The lowest BCUT2D eigenvalue weighted by Crippen LogP contribution is -2.10. The van der Waals surface area contributed by atoms with E-state index in [0.717, 1.165) is 11.3 Å². The van der Waals surface area contributed by atoms with Gasteiger partial charge < -0.3 is 9.64 Å². The number of anilines is 2. The molecule has 0 aliphatic carbocycles. The normalized spacial score (nSPS) is 10.3. The van der Waals surface area contributed by atoms with E-state index in [1.54, 1.807) is 0 Å². The highest BCUT2D eigenvalue weighted by Crippen LogP contribution is 2.31. The molecule has 0 atom stereocenters. The number of carbonyl (C=O) groups is 2. The molecule has 1 aromatic heterocycles. The molecule has 0 spiro atoms. The van der Waals surface area contributed by atoms with Crippen LogP contribution < -0.4 is 4.90 Å². The molecular weight excluding hydrogens is 288 g/mol. The Balaban J connectivity index is 2.45. The van der Waals surface area contributed by atoms with Gasteiger partial charge in [-0.25, -0.2) is 9.78 Å². The molecule has 0 unspecified atom stereocenters. The molecule has 21 heavy (non-hydrogen) atoms. The smallest absolute Gasteiger partial charge is 0.358 e. The van der Waals surface area contributed by atoms with E-state index in [4.69, 9.17) is 0 Å². The fourth-order valence-electron chi connectivity index (χ4n) is 1.87. The maximum atomic E-state index is 11.7. The topological polar surface area (TPSA) is 59.5 Å². The van der Waals surface area contributed by atoms with E-state index in [1.165, 1.54) is 25.4 Å². The molecule has 2 aromatic rings. The second kappa shape index (κ2) is 6.05. The number of carbonyl (C=O) groups excluding carboxylic acids is 2. The minimum atomic E-state index is -0.597. The van der Waals surface area contributed by atoms with Gasteiger partial charge in [-0.1, -0.05) is 23.5 Å². The second-order valence-electron chi connectivity index (χ2n) is 4.62. The molecule has 2 rings (SSSR count). The molecule has 0 aliphatic rings. The van der Waals surface area contributed by atoms with Gasteiger partial charge in [0.15, 0.2) is 16.6 Å². The van der Waals surface area contributed by atoms with Crippen LogP contribution in [0, 0.1) is 6.92 Å². The highest BCUT2D eigenvalue weighted by Gasteiger charge is 2.23. The van der Waals surface area contributed by atoms with Crippen molar-refractivity contribution in [2.24, 2.45) is 0 Å². The SMILES string of the molecule is COC(=O)c1nc(N(C)c2cccc(C)c2)sc1C(C)=O. The average Bonchev–Trinajstić information content (AvgIpc) is 2.91. The van der Waals surface area contributed by atoms with E-state index in [2.05, 4.69) is 9.72 Å². The predicted molar refractivity (Wildman–Crippen MR) is 82.7 cm³/mol. The first kappa shape index (κ1) is 15.2. The summed E-state index contributed by atoms with van der Waals surface area (Å²) in [5, 5.41) is 0.575. The van der Waals surface area contributed by atoms with Crippen LogP contribution in [0.5, 0.6) is 0 Å². The Labute approximate surface area is 127 Å². The minimum Gasteiger partial charge on any atom is -0.464 e. The van der Waals surface area contributed by atoms with E-state index in [0.29, 0.717) is 10.0 Å². The van der Waals surface area contributed by atoms with Gasteiger partial charge in [-0.05, 0) is 24.6 Å². The number of hydrogen-bond acceptors (Lipinski definition) is 6. The quantitative estimate of drug-likeness (QED) is 0.641. The standard InChI is InChI=1S/C15H16N2O3S/c1-9-6-5-7-11(8-9)17(3)15-16-12(14(19)20-4)13(21-15)10(2)18/h5-8H,1-4H3. The van der Waals surface area contributed by atoms with Gasteiger partial charge in [0.2, 0.25) is 0 Å². The van der Waals surface area contributed by atoms with Gasteiger partial charge in [-0.3, -0.25) is 4.79 Å². The lowest BCUT2D eigenvalue weighted by molar-refractivity contribution is 0.0591. The highest BCUT2D eigenvalue weighted by molar-refractivity contribution is 7.17. The Hall–Kier alpha value is -2.21. The number of esters is 1. The van der Waals surface area contributed by atoms with Crippen LogP contribution in [-0.4, -0.2) is 30.9 Å². The maximum absolute atomic E-state index is 11.7. The number of Topliss-reactive ketones (excluding diaryl/α,β-unsaturated/α-hetero) is 1. The first-order chi connectivity index (χ1) is 9.93. The summed E-state index contributed by atoms with van der Waals surface area (Å²) in [7, 11) is 3.12. The third-order valence-electron chi connectivity index (χ3n) is 2.99. The Kier molecular flexibility index (Phi) is 4.37. The Morgan fingerprint density at radius 3 is 2.62 bits per heavy atom. The molecule has 0 N–H and O–H groups in total. The molecule has 5 nitrogen and oxygen atoms in total. The van der Waals surface area contributed by atoms with Gasteiger partial charge in [0.25, 0.3) is 0 Å². The van der Waals surface area contributed by atoms with Crippen LogP contribution in [0.1, 0.15) is 32.6 Å². The zero-order chi connectivity index (χ0) is 15.6. The van der Waals surface area contributed by atoms with Crippen molar-refractivity contribution in [3.8, 4) is 0 Å². The number of nitrogens with zero attached hydrogens (tertiary/aromatic N) is 2. The number of ketones is 1. The van der Waals surface area contributed by atoms with E-state index in [1.807, 2.05) is 43.1 Å². The summed E-state index contributed by atoms with van der Waals surface area (Å²) in [6.45, 7) is 3.41. The predicted octanol–water partition coefficient (Wildman–Crippen LogP) is 3.21. The minimum absolute atomic E-state index is 0.0736. The third-order valence-corrected chi connectivity index (χ3v) is 4.22. The van der Waals surface area contributed by atoms with Gasteiger partial charge >= 0.3 is 5.97 Å². The van der Waals surface area contributed by atoms with Gasteiger partial charge in [0.1, 0.15) is 4.88 Å². The summed E-state index contributed by atoms with van der Waals surface area (Å²) in [5.74, 6) is -0.794. The lowest BCUT2D eigenvalue weighted by Gasteiger charge is -2.16. The van der Waals surface area contributed by atoms with Crippen LogP contribution in [0.2, 0.25) is 0 Å². The van der Waals surface area contributed by atoms with Crippen molar-refractivity contribution in [3.05, 3.63) is 40.4 Å². The van der Waals surface area contributed by atoms with Gasteiger partial charge in [0, 0.05) is 19.7 Å². The molecule has 0 aliphatic heterocycles. The fourth-order valence-corrected chi connectivity index (χ4v) is 2.80. The summed E-state index contributed by atoms with van der Waals surface area (Å²) in [5.41, 5.74) is 2.13. The van der Waals surface area contributed by atoms with Crippen molar-refractivity contribution < 1.29 is 14.3 Å². The van der Waals surface area contributed by atoms with Crippen LogP contribution in [0.3, 0.4) is 0 Å².